The number of aliphatic carboxylic acids is 1. The Morgan fingerprint density at radius 1 is 1.50 bits per heavy atom. The summed E-state index contributed by atoms with van der Waals surface area (Å²) in [5.41, 5.74) is 0.339. The Bertz CT molecular complexity index is 511. The lowest BCUT2D eigenvalue weighted by atomic mass is 10.1. The van der Waals surface area contributed by atoms with Crippen LogP contribution in [0.2, 0.25) is 0 Å². The highest BCUT2D eigenvalue weighted by Gasteiger charge is 2.35. The predicted molar refractivity (Wildman–Crippen MR) is 74.0 cm³/mol. The van der Waals surface area contributed by atoms with Gasteiger partial charge < -0.3 is 10.0 Å². The average Bonchev–Trinajstić information content (AvgIpc) is 2.77. The van der Waals surface area contributed by atoms with Crippen LogP contribution in [0.3, 0.4) is 0 Å². The van der Waals surface area contributed by atoms with Gasteiger partial charge in [0.1, 0.15) is 11.9 Å². The van der Waals surface area contributed by atoms with Crippen molar-refractivity contribution in [3.8, 4) is 0 Å². The minimum absolute atomic E-state index is 0.339. The van der Waals surface area contributed by atoms with Crippen molar-refractivity contribution in [1.29, 1.82) is 0 Å². The highest BCUT2D eigenvalue weighted by molar-refractivity contribution is 14.1. The number of halogens is 2. The van der Waals surface area contributed by atoms with Crippen molar-refractivity contribution < 1.29 is 19.1 Å². The maximum Gasteiger partial charge on any atom is 0.327 e. The lowest BCUT2D eigenvalue weighted by molar-refractivity contribution is -0.140. The van der Waals surface area contributed by atoms with Gasteiger partial charge in [-0.15, -0.1) is 11.8 Å². The fourth-order valence-electron chi connectivity index (χ4n) is 1.67. The van der Waals surface area contributed by atoms with Gasteiger partial charge in [-0.3, -0.25) is 4.79 Å². The molecular weight excluding hydrogens is 372 g/mol. The Labute approximate surface area is 121 Å². The molecule has 96 valence electrons. The molecule has 0 aromatic heterocycles. The molecule has 4 nitrogen and oxygen atoms in total. The molecule has 0 bridgehead atoms. The van der Waals surface area contributed by atoms with Crippen molar-refractivity contribution in [2.75, 3.05) is 11.6 Å². The molecule has 1 saturated heterocycles. The Balaban J connectivity index is 2.28. The number of amides is 1. The molecule has 18 heavy (non-hydrogen) atoms. The van der Waals surface area contributed by atoms with Gasteiger partial charge in [0, 0.05) is 9.32 Å². The van der Waals surface area contributed by atoms with Crippen molar-refractivity contribution in [3.63, 3.8) is 0 Å². The summed E-state index contributed by atoms with van der Waals surface area (Å²) in [6.07, 6.45) is 0. The van der Waals surface area contributed by atoms with Crippen LogP contribution < -0.4 is 0 Å². The second-order valence-corrected chi connectivity index (χ2v) is 5.92. The molecule has 0 spiro atoms. The molecule has 1 fully saturated rings. The Hall–Kier alpha value is -0.830. The van der Waals surface area contributed by atoms with Crippen LogP contribution in [0.4, 0.5) is 4.39 Å². The fourth-order valence-corrected chi connectivity index (χ4v) is 3.52. The van der Waals surface area contributed by atoms with Crippen LogP contribution in [0.15, 0.2) is 18.2 Å². The van der Waals surface area contributed by atoms with Gasteiger partial charge in [0.05, 0.1) is 11.4 Å². The number of hydrogen-bond acceptors (Lipinski definition) is 3. The second kappa shape index (κ2) is 5.43. The summed E-state index contributed by atoms with van der Waals surface area (Å²) < 4.78 is 13.4. The van der Waals surface area contributed by atoms with Crippen LogP contribution in [-0.4, -0.2) is 39.6 Å². The first kappa shape index (κ1) is 13.6. The normalized spacial score (nSPS) is 19.0. The van der Waals surface area contributed by atoms with Crippen LogP contribution >= 0.6 is 34.4 Å². The number of nitrogens with zero attached hydrogens (tertiary/aromatic N) is 1. The second-order valence-electron chi connectivity index (χ2n) is 3.75. The minimum atomic E-state index is -1.01. The van der Waals surface area contributed by atoms with Crippen molar-refractivity contribution in [3.05, 3.63) is 33.1 Å². The third-order valence-corrected chi connectivity index (χ3v) is 4.49. The first-order valence-corrected chi connectivity index (χ1v) is 7.30. The van der Waals surface area contributed by atoms with E-state index < -0.39 is 17.8 Å². The predicted octanol–water partition coefficient (Wildman–Crippen LogP) is 2.03. The van der Waals surface area contributed by atoms with E-state index in [4.69, 9.17) is 5.11 Å². The summed E-state index contributed by atoms with van der Waals surface area (Å²) in [7, 11) is 0. The standard InChI is InChI=1S/C11H9FINO3S/c12-6-1-2-7(8(13)3-6)10(15)14-5-18-4-9(14)11(16)17/h1-3,9H,4-5H2,(H,16,17)/t9-/m0/s1. The van der Waals surface area contributed by atoms with Crippen LogP contribution in [0.25, 0.3) is 0 Å². The summed E-state index contributed by atoms with van der Waals surface area (Å²) in [4.78, 5) is 24.5. The first-order chi connectivity index (χ1) is 8.50. The zero-order valence-corrected chi connectivity index (χ0v) is 12.1. The van der Waals surface area contributed by atoms with Crippen molar-refractivity contribution in [2.24, 2.45) is 0 Å². The molecule has 0 aliphatic carbocycles. The molecule has 1 N–H and O–H groups in total. The van der Waals surface area contributed by atoms with Crippen LogP contribution in [0.1, 0.15) is 10.4 Å². The number of carboxylic acids is 1. The number of rotatable bonds is 2. The van der Waals surface area contributed by atoms with Crippen molar-refractivity contribution in [2.45, 2.75) is 6.04 Å². The molecule has 1 aliphatic rings. The maximum atomic E-state index is 13.0. The van der Waals surface area contributed by atoms with Gasteiger partial charge in [0.15, 0.2) is 0 Å². The van der Waals surface area contributed by atoms with Crippen molar-refractivity contribution in [1.82, 2.24) is 4.90 Å². The lowest BCUT2D eigenvalue weighted by Gasteiger charge is -2.21. The molecule has 7 heteroatoms. The third kappa shape index (κ3) is 2.61. The van der Waals surface area contributed by atoms with E-state index in [0.29, 0.717) is 20.8 Å². The highest BCUT2D eigenvalue weighted by atomic mass is 127. The minimum Gasteiger partial charge on any atom is -0.480 e. The Morgan fingerprint density at radius 3 is 2.83 bits per heavy atom. The Morgan fingerprint density at radius 2 is 2.22 bits per heavy atom. The molecular formula is C11H9FINO3S. The smallest absolute Gasteiger partial charge is 0.327 e. The topological polar surface area (TPSA) is 57.6 Å². The molecule has 1 heterocycles. The van der Waals surface area contributed by atoms with E-state index in [2.05, 4.69) is 0 Å². The molecule has 1 aliphatic heterocycles. The molecule has 1 atom stereocenters. The Kier molecular flexibility index (Phi) is 4.10. The first-order valence-electron chi connectivity index (χ1n) is 5.07. The number of thioether (sulfide) groups is 1. The number of carboxylic acid groups (broad SMARTS) is 1. The average molecular weight is 381 g/mol. The number of hydrogen-bond donors (Lipinski definition) is 1. The summed E-state index contributed by atoms with van der Waals surface area (Å²) in [6, 6.07) is 3.05. The summed E-state index contributed by atoms with van der Waals surface area (Å²) in [5, 5.41) is 9.02. The zero-order chi connectivity index (χ0) is 13.3. The zero-order valence-electron chi connectivity index (χ0n) is 9.10. The third-order valence-electron chi connectivity index (χ3n) is 2.59. The number of carbonyl (C=O) groups is 2. The quantitative estimate of drug-likeness (QED) is 0.797. The summed E-state index contributed by atoms with van der Waals surface area (Å²) in [5.74, 6) is -1.05. The maximum absolute atomic E-state index is 13.0. The van der Waals surface area contributed by atoms with Gasteiger partial charge in [-0.2, -0.15) is 0 Å². The van der Waals surface area contributed by atoms with E-state index in [0.717, 1.165) is 0 Å². The highest BCUT2D eigenvalue weighted by Crippen LogP contribution is 2.25. The SMILES string of the molecule is O=C(O)[C@@H]1CSCN1C(=O)c1ccc(F)cc1I. The van der Waals surface area contributed by atoms with Crippen LogP contribution in [-0.2, 0) is 4.79 Å². The van der Waals surface area contributed by atoms with Gasteiger partial charge in [0.25, 0.3) is 5.91 Å². The van der Waals surface area contributed by atoms with E-state index in [1.165, 1.54) is 34.9 Å². The molecule has 1 amide bonds. The van der Waals surface area contributed by atoms with E-state index in [1.54, 1.807) is 0 Å². The summed E-state index contributed by atoms with van der Waals surface area (Å²) >= 11 is 3.27. The fraction of sp³-hybridized carbons (Fsp3) is 0.273. The molecule has 0 unspecified atom stereocenters. The van der Waals surface area contributed by atoms with Gasteiger partial charge in [-0.25, -0.2) is 9.18 Å². The van der Waals surface area contributed by atoms with E-state index in [-0.39, 0.29) is 5.91 Å². The van der Waals surface area contributed by atoms with Gasteiger partial charge in [-0.05, 0) is 40.8 Å². The van der Waals surface area contributed by atoms with Gasteiger partial charge in [0.2, 0.25) is 0 Å². The molecule has 1 aromatic rings. The van der Waals surface area contributed by atoms with Gasteiger partial charge in [-0.1, -0.05) is 0 Å². The lowest BCUT2D eigenvalue weighted by Crippen LogP contribution is -2.42. The number of benzene rings is 1. The van der Waals surface area contributed by atoms with E-state index in [9.17, 15) is 14.0 Å². The number of carbonyl (C=O) groups excluding carboxylic acids is 1. The summed E-state index contributed by atoms with van der Waals surface area (Å²) in [6.45, 7) is 0. The monoisotopic (exact) mass is 381 g/mol. The molecule has 1 aromatic carbocycles. The van der Waals surface area contributed by atoms with E-state index >= 15 is 0 Å². The van der Waals surface area contributed by atoms with Crippen LogP contribution in [0, 0.1) is 9.39 Å². The van der Waals surface area contributed by atoms with Crippen LogP contribution in [0.5, 0.6) is 0 Å². The van der Waals surface area contributed by atoms with Gasteiger partial charge >= 0.3 is 5.97 Å². The largest absolute Gasteiger partial charge is 0.480 e. The van der Waals surface area contributed by atoms with E-state index in [1.807, 2.05) is 22.6 Å². The molecule has 0 saturated carbocycles. The van der Waals surface area contributed by atoms with Crippen molar-refractivity contribution >= 4 is 46.2 Å². The molecule has 2 rings (SSSR count). The molecule has 0 radical (unpaired) electrons.